The molecular weight excluding hydrogens is 376 g/mol. The van der Waals surface area contributed by atoms with Crippen LogP contribution in [0, 0.1) is 0 Å². The van der Waals surface area contributed by atoms with Gasteiger partial charge in [0, 0.05) is 42.8 Å². The monoisotopic (exact) mass is 396 g/mol. The molecule has 0 aliphatic heterocycles. The van der Waals surface area contributed by atoms with Crippen molar-refractivity contribution in [1.29, 1.82) is 0 Å². The fourth-order valence-corrected chi connectivity index (χ4v) is 3.37. The quantitative estimate of drug-likeness (QED) is 0.595. The van der Waals surface area contributed by atoms with Crippen molar-refractivity contribution in [3.8, 4) is 11.4 Å². The zero-order valence-corrected chi connectivity index (χ0v) is 16.4. The molecule has 2 heterocycles. The number of aromatic nitrogens is 4. The van der Waals surface area contributed by atoms with Gasteiger partial charge in [0.25, 0.3) is 5.91 Å². The third-order valence-electron chi connectivity index (χ3n) is 3.96. The van der Waals surface area contributed by atoms with E-state index in [1.807, 2.05) is 23.6 Å². The lowest BCUT2D eigenvalue weighted by atomic mass is 10.2. The SMILES string of the molecule is CCn1c(SCC(=O)Nc2ccc(C(=O)NC)cc2)nnc1-c1ccncc1. The number of benzene rings is 1. The van der Waals surface area contributed by atoms with Gasteiger partial charge >= 0.3 is 0 Å². The molecule has 0 bridgehead atoms. The van der Waals surface area contributed by atoms with E-state index >= 15 is 0 Å². The zero-order chi connectivity index (χ0) is 19.9. The van der Waals surface area contributed by atoms with Gasteiger partial charge in [-0.05, 0) is 43.3 Å². The highest BCUT2D eigenvalue weighted by Gasteiger charge is 2.14. The number of pyridine rings is 1. The lowest BCUT2D eigenvalue weighted by molar-refractivity contribution is -0.113. The lowest BCUT2D eigenvalue weighted by Crippen LogP contribution is -2.18. The van der Waals surface area contributed by atoms with Gasteiger partial charge < -0.3 is 15.2 Å². The second kappa shape index (κ2) is 9.14. The number of rotatable bonds is 7. The molecule has 2 N–H and O–H groups in total. The molecule has 0 atom stereocenters. The van der Waals surface area contributed by atoms with E-state index in [0.717, 1.165) is 11.4 Å². The van der Waals surface area contributed by atoms with E-state index in [0.29, 0.717) is 23.0 Å². The van der Waals surface area contributed by atoms with Gasteiger partial charge in [0.2, 0.25) is 5.91 Å². The molecule has 3 aromatic rings. The molecule has 2 amide bonds. The van der Waals surface area contributed by atoms with Crippen molar-refractivity contribution in [2.45, 2.75) is 18.6 Å². The third-order valence-corrected chi connectivity index (χ3v) is 4.93. The minimum Gasteiger partial charge on any atom is -0.355 e. The highest BCUT2D eigenvalue weighted by atomic mass is 32.2. The van der Waals surface area contributed by atoms with Gasteiger partial charge in [-0.3, -0.25) is 14.6 Å². The molecule has 0 fully saturated rings. The molecule has 8 nitrogen and oxygen atoms in total. The summed E-state index contributed by atoms with van der Waals surface area (Å²) in [4.78, 5) is 27.8. The fraction of sp³-hybridized carbons (Fsp3) is 0.211. The van der Waals surface area contributed by atoms with Crippen LogP contribution < -0.4 is 10.6 Å². The molecular formula is C19H20N6O2S. The first-order valence-corrected chi connectivity index (χ1v) is 9.69. The van der Waals surface area contributed by atoms with E-state index in [1.165, 1.54) is 11.8 Å². The first-order valence-electron chi connectivity index (χ1n) is 8.70. The number of carbonyl (C=O) groups is 2. The van der Waals surface area contributed by atoms with Gasteiger partial charge in [-0.15, -0.1) is 10.2 Å². The van der Waals surface area contributed by atoms with Crippen LogP contribution in [0.1, 0.15) is 17.3 Å². The molecule has 0 spiro atoms. The van der Waals surface area contributed by atoms with Crippen molar-refractivity contribution < 1.29 is 9.59 Å². The molecule has 1 aromatic carbocycles. The molecule has 0 aliphatic carbocycles. The maximum absolute atomic E-state index is 12.3. The van der Waals surface area contributed by atoms with Crippen LogP contribution in [0.15, 0.2) is 53.9 Å². The normalized spacial score (nSPS) is 10.5. The number of amides is 2. The average molecular weight is 396 g/mol. The van der Waals surface area contributed by atoms with Crippen molar-refractivity contribution in [2.24, 2.45) is 0 Å². The van der Waals surface area contributed by atoms with E-state index in [4.69, 9.17) is 0 Å². The van der Waals surface area contributed by atoms with Crippen molar-refractivity contribution in [3.05, 3.63) is 54.4 Å². The molecule has 9 heteroatoms. The summed E-state index contributed by atoms with van der Waals surface area (Å²) in [6.45, 7) is 2.70. The molecule has 0 saturated carbocycles. The van der Waals surface area contributed by atoms with Crippen LogP contribution in [0.2, 0.25) is 0 Å². The Balaban J connectivity index is 1.62. The number of nitrogens with zero attached hydrogens (tertiary/aromatic N) is 4. The Labute approximate surface area is 166 Å². The Bertz CT molecular complexity index is 956. The Morgan fingerprint density at radius 3 is 2.43 bits per heavy atom. The van der Waals surface area contributed by atoms with Crippen molar-refractivity contribution in [1.82, 2.24) is 25.1 Å². The largest absolute Gasteiger partial charge is 0.355 e. The van der Waals surface area contributed by atoms with Crippen LogP contribution in [0.4, 0.5) is 5.69 Å². The summed E-state index contributed by atoms with van der Waals surface area (Å²) in [6, 6.07) is 10.5. The number of anilines is 1. The standard InChI is InChI=1S/C19H20N6O2S/c1-3-25-17(13-8-10-21-11-9-13)23-24-19(25)28-12-16(26)22-15-6-4-14(5-7-15)18(27)20-2/h4-11H,3,12H2,1-2H3,(H,20,27)(H,22,26). The number of hydrogen-bond donors (Lipinski definition) is 2. The minimum atomic E-state index is -0.169. The second-order valence-corrected chi connectivity index (χ2v) is 6.72. The predicted molar refractivity (Wildman–Crippen MR) is 108 cm³/mol. The minimum absolute atomic E-state index is 0.159. The van der Waals surface area contributed by atoms with Gasteiger partial charge in [0.15, 0.2) is 11.0 Å². The Morgan fingerprint density at radius 2 is 1.79 bits per heavy atom. The summed E-state index contributed by atoms with van der Waals surface area (Å²) in [5, 5.41) is 14.5. The van der Waals surface area contributed by atoms with E-state index in [9.17, 15) is 9.59 Å². The van der Waals surface area contributed by atoms with E-state index in [1.54, 1.807) is 43.7 Å². The van der Waals surface area contributed by atoms with Gasteiger partial charge in [-0.2, -0.15) is 0 Å². The van der Waals surface area contributed by atoms with Gasteiger partial charge in [-0.1, -0.05) is 11.8 Å². The van der Waals surface area contributed by atoms with Gasteiger partial charge in [-0.25, -0.2) is 0 Å². The van der Waals surface area contributed by atoms with Crippen LogP contribution in [0.25, 0.3) is 11.4 Å². The zero-order valence-electron chi connectivity index (χ0n) is 15.5. The third kappa shape index (κ3) is 4.55. The van der Waals surface area contributed by atoms with Crippen molar-refractivity contribution in [3.63, 3.8) is 0 Å². The van der Waals surface area contributed by atoms with E-state index < -0.39 is 0 Å². The van der Waals surface area contributed by atoms with Gasteiger partial charge in [0.05, 0.1) is 5.75 Å². The Hall–Kier alpha value is -3.20. The maximum atomic E-state index is 12.3. The van der Waals surface area contributed by atoms with Crippen LogP contribution >= 0.6 is 11.8 Å². The van der Waals surface area contributed by atoms with E-state index in [-0.39, 0.29) is 17.6 Å². The first-order chi connectivity index (χ1) is 13.6. The second-order valence-electron chi connectivity index (χ2n) is 5.78. The van der Waals surface area contributed by atoms with Gasteiger partial charge in [0.1, 0.15) is 0 Å². The summed E-state index contributed by atoms with van der Waals surface area (Å²) in [6.07, 6.45) is 3.42. The Kier molecular flexibility index (Phi) is 6.38. The highest BCUT2D eigenvalue weighted by Crippen LogP contribution is 2.23. The molecule has 28 heavy (non-hydrogen) atoms. The van der Waals surface area contributed by atoms with Crippen LogP contribution in [0.5, 0.6) is 0 Å². The Morgan fingerprint density at radius 1 is 1.07 bits per heavy atom. The smallest absolute Gasteiger partial charge is 0.251 e. The molecule has 144 valence electrons. The highest BCUT2D eigenvalue weighted by molar-refractivity contribution is 7.99. The topological polar surface area (TPSA) is 102 Å². The number of carbonyl (C=O) groups excluding carboxylic acids is 2. The van der Waals surface area contributed by atoms with E-state index in [2.05, 4.69) is 25.8 Å². The maximum Gasteiger partial charge on any atom is 0.251 e. The molecule has 0 unspecified atom stereocenters. The predicted octanol–water partition coefficient (Wildman–Crippen LogP) is 2.45. The molecule has 2 aromatic heterocycles. The lowest BCUT2D eigenvalue weighted by Gasteiger charge is -2.08. The summed E-state index contributed by atoms with van der Waals surface area (Å²) < 4.78 is 1.96. The number of hydrogen-bond acceptors (Lipinski definition) is 6. The number of thioether (sulfide) groups is 1. The van der Waals surface area contributed by atoms with Crippen LogP contribution in [0.3, 0.4) is 0 Å². The van der Waals surface area contributed by atoms with Crippen LogP contribution in [-0.4, -0.2) is 44.4 Å². The first kappa shape index (κ1) is 19.6. The molecule has 0 radical (unpaired) electrons. The van der Waals surface area contributed by atoms with Crippen molar-refractivity contribution in [2.75, 3.05) is 18.1 Å². The van der Waals surface area contributed by atoms with Crippen LogP contribution in [-0.2, 0) is 11.3 Å². The molecule has 0 saturated heterocycles. The molecule has 3 rings (SSSR count). The number of nitrogens with one attached hydrogen (secondary N) is 2. The average Bonchev–Trinajstić information content (AvgIpc) is 3.16. The summed E-state index contributed by atoms with van der Waals surface area (Å²) in [7, 11) is 1.57. The molecule has 0 aliphatic rings. The van der Waals surface area contributed by atoms with Crippen molar-refractivity contribution >= 4 is 29.3 Å². The summed E-state index contributed by atoms with van der Waals surface area (Å²) >= 11 is 1.32. The fourth-order valence-electron chi connectivity index (χ4n) is 2.57. The summed E-state index contributed by atoms with van der Waals surface area (Å²) in [5.41, 5.74) is 2.10. The summed E-state index contributed by atoms with van der Waals surface area (Å²) in [5.74, 6) is 0.620.